The van der Waals surface area contributed by atoms with Crippen LogP contribution in [0.3, 0.4) is 0 Å². The monoisotopic (exact) mass is 394 g/mol. The quantitative estimate of drug-likeness (QED) is 0.433. The Morgan fingerprint density at radius 2 is 1.48 bits per heavy atom. The van der Waals surface area contributed by atoms with Crippen LogP contribution in [0.5, 0.6) is 0 Å². The minimum absolute atomic E-state index is 0.274. The van der Waals surface area contributed by atoms with Crippen molar-refractivity contribution in [1.82, 2.24) is 0 Å². The molecule has 0 fully saturated rings. The minimum atomic E-state index is -5.46. The smallest absolute Gasteiger partial charge is 0.282 e. The predicted molar refractivity (Wildman–Crippen MR) is 85.4 cm³/mol. The van der Waals surface area contributed by atoms with Gasteiger partial charge in [0.25, 0.3) is 0 Å². The van der Waals surface area contributed by atoms with Crippen molar-refractivity contribution in [3.05, 3.63) is 53.1 Å². The highest BCUT2D eigenvalue weighted by molar-refractivity contribution is 7.99. The van der Waals surface area contributed by atoms with Crippen molar-refractivity contribution in [3.63, 3.8) is 0 Å². The molecule has 9 heteroatoms. The highest BCUT2D eigenvalue weighted by Gasteiger charge is 2.32. The topological polar surface area (TPSA) is 54.4 Å². The number of halogens is 4. The van der Waals surface area contributed by atoms with E-state index in [-0.39, 0.29) is 5.92 Å². The van der Waals surface area contributed by atoms with Crippen LogP contribution in [0.2, 0.25) is 0 Å². The van der Waals surface area contributed by atoms with Crippen molar-refractivity contribution in [2.75, 3.05) is 0 Å². The van der Waals surface area contributed by atoms with Crippen molar-refractivity contribution in [2.24, 2.45) is 0 Å². The second-order valence-electron chi connectivity index (χ2n) is 5.37. The lowest BCUT2D eigenvalue weighted by Crippen LogP contribution is -2.11. The van der Waals surface area contributed by atoms with Crippen molar-refractivity contribution in [1.29, 1.82) is 0 Å². The standard InChI is InChI=1S/C16H14F4O3S2/c1-3-8(2)9-4-6-10(7-5-9)24-15-11(17)13(19)16(25(21,22)23)14(20)12(15)18/h4-8H,3H2,1-2H3,(H,21,22,23). The third kappa shape index (κ3) is 3.99. The molecule has 0 saturated heterocycles. The lowest BCUT2D eigenvalue weighted by molar-refractivity contribution is 0.384. The summed E-state index contributed by atoms with van der Waals surface area (Å²) in [6.45, 7) is 4.00. The largest absolute Gasteiger partial charge is 0.300 e. The molecule has 0 amide bonds. The van der Waals surface area contributed by atoms with Crippen LogP contribution < -0.4 is 0 Å². The van der Waals surface area contributed by atoms with E-state index >= 15 is 0 Å². The second kappa shape index (κ2) is 7.35. The fourth-order valence-corrected chi connectivity index (χ4v) is 3.62. The maximum Gasteiger partial charge on any atom is 0.300 e. The summed E-state index contributed by atoms with van der Waals surface area (Å²) in [5.74, 6) is -7.83. The van der Waals surface area contributed by atoms with Gasteiger partial charge >= 0.3 is 10.1 Å². The lowest BCUT2D eigenvalue weighted by atomic mass is 9.99. The molecule has 2 aromatic rings. The molecule has 1 atom stereocenters. The van der Waals surface area contributed by atoms with Crippen LogP contribution in [0.1, 0.15) is 31.7 Å². The molecule has 0 spiro atoms. The van der Waals surface area contributed by atoms with Crippen LogP contribution in [0, 0.1) is 23.3 Å². The molecule has 136 valence electrons. The Bertz CT molecular complexity index is 868. The minimum Gasteiger partial charge on any atom is -0.282 e. The maximum atomic E-state index is 14.0. The number of rotatable bonds is 5. The van der Waals surface area contributed by atoms with Crippen LogP contribution in [0.25, 0.3) is 0 Å². The van der Waals surface area contributed by atoms with Crippen LogP contribution in [0.4, 0.5) is 17.6 Å². The third-order valence-corrected chi connectivity index (χ3v) is 5.67. The van der Waals surface area contributed by atoms with Gasteiger partial charge in [-0.05, 0) is 30.0 Å². The van der Waals surface area contributed by atoms with E-state index in [0.29, 0.717) is 16.7 Å². The Morgan fingerprint density at radius 3 is 1.88 bits per heavy atom. The van der Waals surface area contributed by atoms with Gasteiger partial charge in [-0.2, -0.15) is 8.42 Å². The van der Waals surface area contributed by atoms with Gasteiger partial charge in [-0.1, -0.05) is 37.7 Å². The van der Waals surface area contributed by atoms with Gasteiger partial charge in [-0.3, -0.25) is 4.55 Å². The van der Waals surface area contributed by atoms with E-state index in [1.165, 1.54) is 12.1 Å². The van der Waals surface area contributed by atoms with Gasteiger partial charge in [0.2, 0.25) is 0 Å². The van der Waals surface area contributed by atoms with Crippen LogP contribution in [0.15, 0.2) is 39.0 Å². The van der Waals surface area contributed by atoms with E-state index < -0.39 is 43.2 Å². The first-order valence-electron chi connectivity index (χ1n) is 7.19. The molecule has 1 N–H and O–H groups in total. The van der Waals surface area contributed by atoms with E-state index in [0.717, 1.165) is 12.0 Å². The Kier molecular flexibility index (Phi) is 5.80. The molecule has 0 radical (unpaired) electrons. The molecule has 2 rings (SSSR count). The fourth-order valence-electron chi connectivity index (χ4n) is 2.13. The van der Waals surface area contributed by atoms with Gasteiger partial charge in [0, 0.05) is 4.90 Å². The summed E-state index contributed by atoms with van der Waals surface area (Å²) in [4.78, 5) is -2.76. The predicted octanol–water partition coefficient (Wildman–Crippen LogP) is 5.15. The molecule has 0 aromatic heterocycles. The SMILES string of the molecule is CCC(C)c1ccc(Sc2c(F)c(F)c(S(=O)(=O)O)c(F)c2F)cc1. The average molecular weight is 394 g/mol. The molecule has 0 aliphatic heterocycles. The van der Waals surface area contributed by atoms with E-state index in [9.17, 15) is 26.0 Å². The van der Waals surface area contributed by atoms with E-state index in [2.05, 4.69) is 0 Å². The van der Waals surface area contributed by atoms with Gasteiger partial charge in [0.05, 0.1) is 4.90 Å². The van der Waals surface area contributed by atoms with Gasteiger partial charge in [-0.15, -0.1) is 0 Å². The summed E-state index contributed by atoms with van der Waals surface area (Å²) in [5.41, 5.74) is 0.992. The van der Waals surface area contributed by atoms with Crippen LogP contribution in [-0.4, -0.2) is 13.0 Å². The first-order chi connectivity index (χ1) is 11.6. The zero-order valence-corrected chi connectivity index (χ0v) is 14.8. The molecule has 2 aromatic carbocycles. The van der Waals surface area contributed by atoms with E-state index in [1.54, 1.807) is 12.1 Å². The average Bonchev–Trinajstić information content (AvgIpc) is 2.55. The van der Waals surface area contributed by atoms with E-state index in [1.807, 2.05) is 13.8 Å². The van der Waals surface area contributed by atoms with Crippen LogP contribution >= 0.6 is 11.8 Å². The maximum absolute atomic E-state index is 14.0. The Hall–Kier alpha value is -1.58. The summed E-state index contributed by atoms with van der Waals surface area (Å²) in [6.07, 6.45) is 0.892. The number of benzene rings is 2. The molecule has 0 aliphatic rings. The summed E-state index contributed by atoms with van der Waals surface area (Å²) >= 11 is 0.410. The molecule has 25 heavy (non-hydrogen) atoms. The summed E-state index contributed by atoms with van der Waals surface area (Å²) in [5, 5.41) is 0. The summed E-state index contributed by atoms with van der Waals surface area (Å²) in [6, 6.07) is 6.53. The molecule has 3 nitrogen and oxygen atoms in total. The second-order valence-corrected chi connectivity index (χ2v) is 7.81. The van der Waals surface area contributed by atoms with E-state index in [4.69, 9.17) is 4.55 Å². The molecular weight excluding hydrogens is 380 g/mol. The van der Waals surface area contributed by atoms with Gasteiger partial charge in [0.1, 0.15) is 0 Å². The highest BCUT2D eigenvalue weighted by Crippen LogP contribution is 2.37. The Balaban J connectivity index is 2.48. The number of hydrogen-bond donors (Lipinski definition) is 1. The fraction of sp³-hybridized carbons (Fsp3) is 0.250. The molecule has 0 saturated carbocycles. The van der Waals surface area contributed by atoms with Gasteiger partial charge in [0.15, 0.2) is 28.2 Å². The molecule has 0 bridgehead atoms. The zero-order valence-electron chi connectivity index (χ0n) is 13.2. The normalized spacial score (nSPS) is 13.1. The summed E-state index contributed by atoms with van der Waals surface area (Å²) < 4.78 is 86.1. The van der Waals surface area contributed by atoms with Crippen molar-refractivity contribution < 1.29 is 30.5 Å². The summed E-state index contributed by atoms with van der Waals surface area (Å²) in [7, 11) is -5.46. The van der Waals surface area contributed by atoms with Crippen molar-refractivity contribution in [2.45, 2.75) is 40.9 Å². The Labute approximate surface area is 146 Å². The zero-order chi connectivity index (χ0) is 18.9. The first-order valence-corrected chi connectivity index (χ1v) is 9.44. The van der Waals surface area contributed by atoms with Gasteiger partial charge < -0.3 is 0 Å². The molecular formula is C16H14F4O3S2. The van der Waals surface area contributed by atoms with Crippen molar-refractivity contribution in [3.8, 4) is 0 Å². The third-order valence-electron chi connectivity index (χ3n) is 3.72. The van der Waals surface area contributed by atoms with Gasteiger partial charge in [-0.25, -0.2) is 17.6 Å². The highest BCUT2D eigenvalue weighted by atomic mass is 32.2. The molecule has 0 aliphatic carbocycles. The van der Waals surface area contributed by atoms with Crippen molar-refractivity contribution >= 4 is 21.9 Å². The number of hydrogen-bond acceptors (Lipinski definition) is 3. The Morgan fingerprint density at radius 1 is 1.00 bits per heavy atom. The molecule has 1 unspecified atom stereocenters. The lowest BCUT2D eigenvalue weighted by Gasteiger charge is -2.12. The molecule has 0 heterocycles. The van der Waals surface area contributed by atoms with Crippen LogP contribution in [-0.2, 0) is 10.1 Å². The first kappa shape index (κ1) is 19.7.